The predicted octanol–water partition coefficient (Wildman–Crippen LogP) is 2.42. The van der Waals surface area contributed by atoms with E-state index >= 15 is 0 Å². The number of benzene rings is 1. The van der Waals surface area contributed by atoms with Gasteiger partial charge in [-0.1, -0.05) is 24.3 Å². The van der Waals surface area contributed by atoms with Crippen molar-refractivity contribution in [2.45, 2.75) is 44.7 Å². The van der Waals surface area contributed by atoms with Gasteiger partial charge in [0.1, 0.15) is 0 Å². The molecule has 2 heteroatoms. The van der Waals surface area contributed by atoms with Crippen molar-refractivity contribution in [3.05, 3.63) is 35.4 Å². The van der Waals surface area contributed by atoms with E-state index in [9.17, 15) is 0 Å². The summed E-state index contributed by atoms with van der Waals surface area (Å²) in [6, 6.07) is 9.10. The van der Waals surface area contributed by atoms with Gasteiger partial charge in [-0.2, -0.15) is 0 Å². The van der Waals surface area contributed by atoms with Crippen molar-refractivity contribution in [3.8, 4) is 0 Å². The molecule has 0 bridgehead atoms. The first kappa shape index (κ1) is 11.6. The Morgan fingerprint density at radius 1 is 1.38 bits per heavy atom. The molecule has 0 amide bonds. The van der Waals surface area contributed by atoms with E-state index in [-0.39, 0.29) is 6.61 Å². The molecule has 1 aliphatic carbocycles. The molecular weight excluding hydrogens is 198 g/mol. The molecule has 1 aromatic rings. The van der Waals surface area contributed by atoms with Gasteiger partial charge in [-0.3, -0.25) is 0 Å². The van der Waals surface area contributed by atoms with Gasteiger partial charge in [-0.15, -0.1) is 0 Å². The normalized spacial score (nSPS) is 17.4. The fourth-order valence-corrected chi connectivity index (χ4v) is 2.07. The smallest absolute Gasteiger partial charge is 0.0445 e. The summed E-state index contributed by atoms with van der Waals surface area (Å²) in [5, 5.41) is 12.3. The van der Waals surface area contributed by atoms with Gasteiger partial charge in [0.2, 0.25) is 0 Å². The molecule has 0 spiro atoms. The Bertz CT molecular complexity index is 333. The number of hydrogen-bond donors (Lipinski definition) is 2. The van der Waals surface area contributed by atoms with Crippen LogP contribution in [0.2, 0.25) is 0 Å². The van der Waals surface area contributed by atoms with E-state index < -0.39 is 0 Å². The summed E-state index contributed by atoms with van der Waals surface area (Å²) in [4.78, 5) is 0. The summed E-state index contributed by atoms with van der Waals surface area (Å²) < 4.78 is 0. The van der Waals surface area contributed by atoms with Crippen LogP contribution in [0.4, 0.5) is 0 Å². The van der Waals surface area contributed by atoms with Crippen molar-refractivity contribution in [2.24, 2.45) is 0 Å². The van der Waals surface area contributed by atoms with Crippen molar-refractivity contribution < 1.29 is 5.11 Å². The molecule has 1 aliphatic rings. The lowest BCUT2D eigenvalue weighted by Crippen LogP contribution is -2.26. The lowest BCUT2D eigenvalue weighted by molar-refractivity contribution is 0.268. The Labute approximate surface area is 97.7 Å². The van der Waals surface area contributed by atoms with E-state index in [1.807, 2.05) is 0 Å². The first-order valence-corrected chi connectivity index (χ1v) is 6.23. The van der Waals surface area contributed by atoms with Crippen LogP contribution in [0, 0.1) is 0 Å². The number of rotatable bonds is 6. The summed E-state index contributed by atoms with van der Waals surface area (Å²) in [7, 11) is 0. The lowest BCUT2D eigenvalue weighted by Gasteiger charge is -2.14. The molecule has 16 heavy (non-hydrogen) atoms. The Morgan fingerprint density at radius 2 is 2.12 bits per heavy atom. The molecule has 0 radical (unpaired) electrons. The molecular formula is C14H21NO. The second kappa shape index (κ2) is 5.46. The average molecular weight is 219 g/mol. The Morgan fingerprint density at radius 3 is 2.81 bits per heavy atom. The van der Waals surface area contributed by atoms with Gasteiger partial charge in [0.05, 0.1) is 0 Å². The Kier molecular flexibility index (Phi) is 3.97. The Balaban J connectivity index is 1.93. The first-order valence-electron chi connectivity index (χ1n) is 6.23. The van der Waals surface area contributed by atoms with Crippen molar-refractivity contribution in [1.82, 2.24) is 5.32 Å². The van der Waals surface area contributed by atoms with Crippen LogP contribution in [0.1, 0.15) is 43.2 Å². The average Bonchev–Trinajstić information content (AvgIpc) is 3.11. The first-order chi connectivity index (χ1) is 7.81. The summed E-state index contributed by atoms with van der Waals surface area (Å²) >= 11 is 0. The largest absolute Gasteiger partial charge is 0.396 e. The SMILES string of the molecule is CC(CCO)NCc1ccccc1C1CC1. The molecule has 2 rings (SSSR count). The van der Waals surface area contributed by atoms with Gasteiger partial charge in [-0.05, 0) is 43.2 Å². The second-order valence-electron chi connectivity index (χ2n) is 4.77. The van der Waals surface area contributed by atoms with E-state index in [1.54, 1.807) is 0 Å². The van der Waals surface area contributed by atoms with Crippen molar-refractivity contribution in [1.29, 1.82) is 0 Å². The zero-order valence-electron chi connectivity index (χ0n) is 9.95. The molecule has 0 saturated heterocycles. The lowest BCUT2D eigenvalue weighted by atomic mass is 10.0. The second-order valence-corrected chi connectivity index (χ2v) is 4.77. The number of aliphatic hydroxyl groups is 1. The highest BCUT2D eigenvalue weighted by Crippen LogP contribution is 2.41. The number of aliphatic hydroxyl groups excluding tert-OH is 1. The molecule has 1 fully saturated rings. The van der Waals surface area contributed by atoms with E-state index in [2.05, 4.69) is 36.5 Å². The topological polar surface area (TPSA) is 32.3 Å². The van der Waals surface area contributed by atoms with Crippen LogP contribution >= 0.6 is 0 Å². The van der Waals surface area contributed by atoms with Gasteiger partial charge < -0.3 is 10.4 Å². The minimum atomic E-state index is 0.262. The maximum absolute atomic E-state index is 8.85. The summed E-state index contributed by atoms with van der Waals surface area (Å²) in [6.45, 7) is 3.31. The monoisotopic (exact) mass is 219 g/mol. The molecule has 2 N–H and O–H groups in total. The van der Waals surface area contributed by atoms with Crippen molar-refractivity contribution >= 4 is 0 Å². The Hall–Kier alpha value is -0.860. The predicted molar refractivity (Wildman–Crippen MR) is 66.4 cm³/mol. The molecule has 88 valence electrons. The summed E-state index contributed by atoms with van der Waals surface area (Å²) in [5.41, 5.74) is 2.95. The van der Waals surface area contributed by atoms with Gasteiger partial charge in [0.25, 0.3) is 0 Å². The maximum atomic E-state index is 8.85. The summed E-state index contributed by atoms with van der Waals surface area (Å²) in [6.07, 6.45) is 3.53. The van der Waals surface area contributed by atoms with Crippen LogP contribution in [0.5, 0.6) is 0 Å². The number of hydrogen-bond acceptors (Lipinski definition) is 2. The molecule has 1 unspecified atom stereocenters. The number of nitrogens with one attached hydrogen (secondary N) is 1. The highest BCUT2D eigenvalue weighted by molar-refractivity contribution is 5.33. The molecule has 2 nitrogen and oxygen atoms in total. The molecule has 1 saturated carbocycles. The highest BCUT2D eigenvalue weighted by atomic mass is 16.3. The van der Waals surface area contributed by atoms with Crippen LogP contribution in [-0.4, -0.2) is 17.8 Å². The van der Waals surface area contributed by atoms with E-state index in [0.29, 0.717) is 6.04 Å². The van der Waals surface area contributed by atoms with E-state index in [0.717, 1.165) is 18.9 Å². The van der Waals surface area contributed by atoms with Crippen LogP contribution in [-0.2, 0) is 6.54 Å². The molecule has 0 aromatic heterocycles. The zero-order chi connectivity index (χ0) is 11.4. The van der Waals surface area contributed by atoms with Crippen LogP contribution in [0.15, 0.2) is 24.3 Å². The standard InChI is InChI=1S/C14H21NO/c1-11(8-9-16)15-10-13-4-2-3-5-14(13)12-6-7-12/h2-5,11-12,15-16H,6-10H2,1H3. The fraction of sp³-hybridized carbons (Fsp3) is 0.571. The van der Waals surface area contributed by atoms with Crippen molar-refractivity contribution in [3.63, 3.8) is 0 Å². The third kappa shape index (κ3) is 3.06. The molecule has 1 aromatic carbocycles. The van der Waals surface area contributed by atoms with Gasteiger partial charge in [0, 0.05) is 19.2 Å². The molecule has 0 heterocycles. The van der Waals surface area contributed by atoms with Crippen LogP contribution in [0.25, 0.3) is 0 Å². The van der Waals surface area contributed by atoms with E-state index in [1.165, 1.54) is 24.0 Å². The fourth-order valence-electron chi connectivity index (χ4n) is 2.07. The van der Waals surface area contributed by atoms with Crippen LogP contribution in [0.3, 0.4) is 0 Å². The van der Waals surface area contributed by atoms with Gasteiger partial charge >= 0.3 is 0 Å². The minimum absolute atomic E-state index is 0.262. The molecule has 0 aliphatic heterocycles. The van der Waals surface area contributed by atoms with Gasteiger partial charge in [-0.25, -0.2) is 0 Å². The van der Waals surface area contributed by atoms with Crippen LogP contribution < -0.4 is 5.32 Å². The zero-order valence-corrected chi connectivity index (χ0v) is 9.95. The minimum Gasteiger partial charge on any atom is -0.396 e. The van der Waals surface area contributed by atoms with Gasteiger partial charge in [0.15, 0.2) is 0 Å². The molecule has 1 atom stereocenters. The highest BCUT2D eigenvalue weighted by Gasteiger charge is 2.25. The quantitative estimate of drug-likeness (QED) is 0.770. The summed E-state index contributed by atoms with van der Waals surface area (Å²) in [5.74, 6) is 0.811. The third-order valence-electron chi connectivity index (χ3n) is 3.28. The van der Waals surface area contributed by atoms with E-state index in [4.69, 9.17) is 5.11 Å². The van der Waals surface area contributed by atoms with Crippen molar-refractivity contribution in [2.75, 3.05) is 6.61 Å². The maximum Gasteiger partial charge on any atom is 0.0445 e. The third-order valence-corrected chi connectivity index (χ3v) is 3.28.